The van der Waals surface area contributed by atoms with Crippen LogP contribution in [0.5, 0.6) is 0 Å². The van der Waals surface area contributed by atoms with Gasteiger partial charge in [-0.3, -0.25) is 9.69 Å². The molecule has 2 fully saturated rings. The Bertz CT molecular complexity index is 636. The Morgan fingerprint density at radius 1 is 1.04 bits per heavy atom. The molecule has 1 saturated carbocycles. The summed E-state index contributed by atoms with van der Waals surface area (Å²) in [5.74, 6) is 0.157. The quantitative estimate of drug-likeness (QED) is 0.864. The van der Waals surface area contributed by atoms with Crippen molar-refractivity contribution in [3.8, 4) is 0 Å². The highest BCUT2D eigenvalue weighted by molar-refractivity contribution is 5.82. The Morgan fingerprint density at radius 2 is 1.81 bits per heavy atom. The van der Waals surface area contributed by atoms with Crippen molar-refractivity contribution < 1.29 is 9.53 Å². The van der Waals surface area contributed by atoms with Crippen LogP contribution < -0.4 is 10.2 Å². The highest BCUT2D eigenvalue weighted by Crippen LogP contribution is 2.34. The fraction of sp³-hybridized carbons (Fsp3) is 0.682. The van der Waals surface area contributed by atoms with E-state index in [1.807, 2.05) is 0 Å². The number of morpholine rings is 1. The first-order chi connectivity index (χ1) is 13.3. The summed E-state index contributed by atoms with van der Waals surface area (Å²) in [5, 5.41) is 3.31. The van der Waals surface area contributed by atoms with Gasteiger partial charge in [0, 0.05) is 37.4 Å². The third-order valence-corrected chi connectivity index (χ3v) is 6.62. The Hall–Kier alpha value is -1.59. The van der Waals surface area contributed by atoms with E-state index in [1.54, 1.807) is 0 Å². The van der Waals surface area contributed by atoms with E-state index in [0.717, 1.165) is 52.2 Å². The molecule has 1 aliphatic carbocycles. The van der Waals surface area contributed by atoms with Crippen LogP contribution in [0, 0.1) is 0 Å². The highest BCUT2D eigenvalue weighted by atomic mass is 16.5. The molecule has 27 heavy (non-hydrogen) atoms. The zero-order valence-corrected chi connectivity index (χ0v) is 16.4. The van der Waals surface area contributed by atoms with E-state index in [9.17, 15) is 4.79 Å². The number of anilines is 1. The molecular weight excluding hydrogens is 338 g/mol. The number of nitrogens with zero attached hydrogens (tertiary/aromatic N) is 2. The molecule has 0 atom stereocenters. The molecule has 0 aromatic heterocycles. The third-order valence-electron chi connectivity index (χ3n) is 6.62. The number of hydrogen-bond donors (Lipinski definition) is 1. The maximum Gasteiger partial charge on any atom is 0.239 e. The second-order valence-corrected chi connectivity index (χ2v) is 8.31. The molecule has 0 unspecified atom stereocenters. The highest BCUT2D eigenvalue weighted by Gasteiger charge is 2.38. The lowest BCUT2D eigenvalue weighted by Gasteiger charge is -2.48. The number of benzene rings is 1. The minimum absolute atomic E-state index is 0.136. The second kappa shape index (κ2) is 8.61. The maximum absolute atomic E-state index is 12.8. The number of ether oxygens (including phenoxy) is 1. The van der Waals surface area contributed by atoms with Crippen molar-refractivity contribution in [3.05, 3.63) is 29.8 Å². The molecule has 148 valence electrons. The number of fused-ring (bicyclic) bond motifs is 1. The van der Waals surface area contributed by atoms with Gasteiger partial charge in [0.1, 0.15) is 0 Å². The lowest BCUT2D eigenvalue weighted by molar-refractivity contribution is -0.121. The first kappa shape index (κ1) is 18.8. The first-order valence-corrected chi connectivity index (χ1v) is 10.7. The number of hydrogen-bond acceptors (Lipinski definition) is 4. The number of aryl methyl sites for hydroxylation is 1. The predicted molar refractivity (Wildman–Crippen MR) is 108 cm³/mol. The standard InChI is InChI=1S/C22H33N3O2/c26-21(17-24-12-6-8-19-7-2-3-9-20(19)24)23-18-22(10-4-1-5-11-22)25-13-15-27-16-14-25/h2-3,7,9H,1,4-6,8,10-18H2,(H,23,26). The van der Waals surface area contributed by atoms with Crippen molar-refractivity contribution in [2.75, 3.05) is 50.8 Å². The van der Waals surface area contributed by atoms with E-state index in [0.29, 0.717) is 6.54 Å². The molecule has 4 rings (SSSR count). The summed E-state index contributed by atoms with van der Waals surface area (Å²) in [6, 6.07) is 8.51. The maximum atomic E-state index is 12.8. The topological polar surface area (TPSA) is 44.8 Å². The largest absolute Gasteiger partial charge is 0.379 e. The van der Waals surface area contributed by atoms with Crippen LogP contribution in [-0.4, -0.2) is 62.3 Å². The molecule has 1 amide bonds. The molecule has 2 aliphatic heterocycles. The van der Waals surface area contributed by atoms with Crippen LogP contribution in [0.1, 0.15) is 44.1 Å². The molecule has 5 nitrogen and oxygen atoms in total. The average Bonchev–Trinajstić information content (AvgIpc) is 2.74. The molecule has 2 heterocycles. The van der Waals surface area contributed by atoms with Crippen LogP contribution in [-0.2, 0) is 16.0 Å². The monoisotopic (exact) mass is 371 g/mol. The van der Waals surface area contributed by atoms with Crippen molar-refractivity contribution in [1.82, 2.24) is 10.2 Å². The van der Waals surface area contributed by atoms with Gasteiger partial charge in [0.15, 0.2) is 0 Å². The fourth-order valence-corrected chi connectivity index (χ4v) is 5.12. The summed E-state index contributed by atoms with van der Waals surface area (Å²) in [7, 11) is 0. The van der Waals surface area contributed by atoms with E-state index in [1.165, 1.54) is 43.4 Å². The molecule has 5 heteroatoms. The first-order valence-electron chi connectivity index (χ1n) is 10.7. The number of carbonyl (C=O) groups is 1. The van der Waals surface area contributed by atoms with Gasteiger partial charge in [0.25, 0.3) is 0 Å². The zero-order valence-electron chi connectivity index (χ0n) is 16.4. The molecule has 0 radical (unpaired) electrons. The van der Waals surface area contributed by atoms with E-state index in [-0.39, 0.29) is 11.4 Å². The van der Waals surface area contributed by atoms with Gasteiger partial charge in [-0.05, 0) is 37.3 Å². The summed E-state index contributed by atoms with van der Waals surface area (Å²) in [4.78, 5) is 17.6. The zero-order chi connectivity index (χ0) is 18.5. The Morgan fingerprint density at radius 3 is 2.63 bits per heavy atom. The number of carbonyl (C=O) groups excluding carboxylic acids is 1. The third kappa shape index (κ3) is 4.30. The van der Waals surface area contributed by atoms with E-state index >= 15 is 0 Å². The summed E-state index contributed by atoms with van der Waals surface area (Å²) >= 11 is 0. The Labute approximate surface area is 163 Å². The molecule has 0 bridgehead atoms. The van der Waals surface area contributed by atoms with Crippen molar-refractivity contribution in [3.63, 3.8) is 0 Å². The molecule has 1 N–H and O–H groups in total. The lowest BCUT2D eigenvalue weighted by Crippen LogP contribution is -2.60. The van der Waals surface area contributed by atoms with Gasteiger partial charge in [-0.2, -0.15) is 0 Å². The number of para-hydroxylation sites is 1. The SMILES string of the molecule is O=C(CN1CCCc2ccccc21)NCC1(N2CCOCC2)CCCCC1. The summed E-state index contributed by atoms with van der Waals surface area (Å²) in [6.07, 6.45) is 8.50. The fourth-order valence-electron chi connectivity index (χ4n) is 5.12. The summed E-state index contributed by atoms with van der Waals surface area (Å²) in [5.41, 5.74) is 2.74. The van der Waals surface area contributed by atoms with Gasteiger partial charge in [0.2, 0.25) is 5.91 Å². The van der Waals surface area contributed by atoms with E-state index in [4.69, 9.17) is 4.74 Å². The normalized spacial score (nSPS) is 22.9. The van der Waals surface area contributed by atoms with E-state index in [2.05, 4.69) is 39.4 Å². The molecule has 1 aromatic rings. The van der Waals surface area contributed by atoms with Crippen LogP contribution >= 0.6 is 0 Å². The van der Waals surface area contributed by atoms with Crippen LogP contribution in [0.4, 0.5) is 5.69 Å². The van der Waals surface area contributed by atoms with Gasteiger partial charge in [0.05, 0.1) is 19.8 Å². The minimum Gasteiger partial charge on any atom is -0.379 e. The van der Waals surface area contributed by atoms with Crippen molar-refractivity contribution in [2.24, 2.45) is 0 Å². The Kier molecular flexibility index (Phi) is 5.98. The van der Waals surface area contributed by atoms with Crippen LogP contribution in [0.25, 0.3) is 0 Å². The van der Waals surface area contributed by atoms with Gasteiger partial charge in [-0.15, -0.1) is 0 Å². The predicted octanol–water partition coefficient (Wildman–Crippen LogP) is 2.59. The summed E-state index contributed by atoms with van der Waals surface area (Å²) in [6.45, 7) is 5.85. The van der Waals surface area contributed by atoms with Gasteiger partial charge in [-0.25, -0.2) is 0 Å². The van der Waals surface area contributed by atoms with Crippen molar-refractivity contribution >= 4 is 11.6 Å². The smallest absolute Gasteiger partial charge is 0.239 e. The van der Waals surface area contributed by atoms with Crippen LogP contribution in [0.2, 0.25) is 0 Å². The number of amides is 1. The van der Waals surface area contributed by atoms with Gasteiger partial charge < -0.3 is 15.0 Å². The second-order valence-electron chi connectivity index (χ2n) is 8.31. The number of rotatable bonds is 5. The van der Waals surface area contributed by atoms with Crippen LogP contribution in [0.15, 0.2) is 24.3 Å². The van der Waals surface area contributed by atoms with Crippen molar-refractivity contribution in [2.45, 2.75) is 50.5 Å². The van der Waals surface area contributed by atoms with E-state index < -0.39 is 0 Å². The number of nitrogens with one attached hydrogen (secondary N) is 1. The van der Waals surface area contributed by atoms with Crippen molar-refractivity contribution in [1.29, 1.82) is 0 Å². The molecule has 0 spiro atoms. The average molecular weight is 372 g/mol. The molecule has 1 saturated heterocycles. The molecule has 3 aliphatic rings. The minimum atomic E-state index is 0.136. The summed E-state index contributed by atoms with van der Waals surface area (Å²) < 4.78 is 5.56. The lowest BCUT2D eigenvalue weighted by atomic mass is 9.79. The Balaban J connectivity index is 1.37. The van der Waals surface area contributed by atoms with Gasteiger partial charge >= 0.3 is 0 Å². The molecule has 1 aromatic carbocycles. The molecular formula is C22H33N3O2. The van der Waals surface area contributed by atoms with Crippen LogP contribution in [0.3, 0.4) is 0 Å². The van der Waals surface area contributed by atoms with Gasteiger partial charge in [-0.1, -0.05) is 37.5 Å².